The zero-order valence-corrected chi connectivity index (χ0v) is 13.1. The van der Waals surface area contributed by atoms with Crippen molar-refractivity contribution in [1.82, 2.24) is 4.98 Å². The smallest absolute Gasteiger partial charge is 0.123 e. The SMILES string of the molecule is Nc1ccc(-c2nc(Cc3ccccc3)cs2)cc1Br. The average Bonchev–Trinajstić information content (AvgIpc) is 2.91. The largest absolute Gasteiger partial charge is 0.398 e. The molecule has 4 heteroatoms. The number of nitrogen functional groups attached to an aromatic ring is 1. The van der Waals surface area contributed by atoms with E-state index in [4.69, 9.17) is 10.7 Å². The molecule has 0 aliphatic carbocycles. The van der Waals surface area contributed by atoms with E-state index >= 15 is 0 Å². The first-order chi connectivity index (χ1) is 9.72. The van der Waals surface area contributed by atoms with E-state index in [0.29, 0.717) is 0 Å². The van der Waals surface area contributed by atoms with E-state index in [1.165, 1.54) is 5.56 Å². The van der Waals surface area contributed by atoms with Crippen LogP contribution in [-0.2, 0) is 6.42 Å². The predicted octanol–water partition coefficient (Wildman–Crippen LogP) is 4.75. The van der Waals surface area contributed by atoms with Crippen LogP contribution in [0.4, 0.5) is 5.69 Å². The van der Waals surface area contributed by atoms with Crippen molar-refractivity contribution in [3.8, 4) is 10.6 Å². The van der Waals surface area contributed by atoms with E-state index < -0.39 is 0 Å². The molecule has 0 aliphatic rings. The van der Waals surface area contributed by atoms with Crippen molar-refractivity contribution in [2.45, 2.75) is 6.42 Å². The summed E-state index contributed by atoms with van der Waals surface area (Å²) in [7, 11) is 0. The molecule has 1 heterocycles. The van der Waals surface area contributed by atoms with Gasteiger partial charge in [-0.1, -0.05) is 30.3 Å². The molecular formula is C16H13BrN2S. The van der Waals surface area contributed by atoms with E-state index in [1.54, 1.807) is 11.3 Å². The molecule has 0 atom stereocenters. The van der Waals surface area contributed by atoms with E-state index in [-0.39, 0.29) is 0 Å². The van der Waals surface area contributed by atoms with E-state index in [2.05, 4.69) is 45.6 Å². The summed E-state index contributed by atoms with van der Waals surface area (Å²) in [5.74, 6) is 0. The molecule has 1 aromatic heterocycles. The molecule has 3 rings (SSSR count). The van der Waals surface area contributed by atoms with Gasteiger partial charge in [0.2, 0.25) is 0 Å². The second kappa shape index (κ2) is 5.77. The van der Waals surface area contributed by atoms with Crippen LogP contribution in [0.5, 0.6) is 0 Å². The summed E-state index contributed by atoms with van der Waals surface area (Å²) in [6, 6.07) is 16.3. The third-order valence-corrected chi connectivity index (χ3v) is 4.65. The molecule has 0 saturated carbocycles. The predicted molar refractivity (Wildman–Crippen MR) is 88.9 cm³/mol. The molecular weight excluding hydrogens is 332 g/mol. The fourth-order valence-corrected chi connectivity index (χ4v) is 3.18. The molecule has 100 valence electrons. The molecule has 0 radical (unpaired) electrons. The monoisotopic (exact) mass is 344 g/mol. The van der Waals surface area contributed by atoms with Crippen molar-refractivity contribution in [3.63, 3.8) is 0 Å². The number of thiazole rings is 1. The van der Waals surface area contributed by atoms with Gasteiger partial charge in [-0.2, -0.15) is 0 Å². The summed E-state index contributed by atoms with van der Waals surface area (Å²) in [4.78, 5) is 4.70. The Kier molecular flexibility index (Phi) is 3.85. The van der Waals surface area contributed by atoms with Gasteiger partial charge in [0.1, 0.15) is 5.01 Å². The lowest BCUT2D eigenvalue weighted by atomic mass is 10.1. The van der Waals surface area contributed by atoms with Crippen LogP contribution in [0.1, 0.15) is 11.3 Å². The second-order valence-electron chi connectivity index (χ2n) is 4.54. The quantitative estimate of drug-likeness (QED) is 0.696. The van der Waals surface area contributed by atoms with Gasteiger partial charge < -0.3 is 5.73 Å². The number of rotatable bonds is 3. The standard InChI is InChI=1S/C16H13BrN2S/c17-14-9-12(6-7-15(14)18)16-19-13(10-20-16)8-11-4-2-1-3-5-11/h1-7,9-10H,8,18H2. The number of halogens is 1. The minimum atomic E-state index is 0.745. The van der Waals surface area contributed by atoms with Crippen molar-refractivity contribution >= 4 is 33.0 Å². The molecule has 20 heavy (non-hydrogen) atoms. The van der Waals surface area contributed by atoms with Crippen molar-refractivity contribution in [2.24, 2.45) is 0 Å². The Hall–Kier alpha value is -1.65. The number of hydrogen-bond donors (Lipinski definition) is 1. The van der Waals surface area contributed by atoms with Gasteiger partial charge in [-0.05, 0) is 39.7 Å². The molecule has 0 unspecified atom stereocenters. The van der Waals surface area contributed by atoms with Crippen molar-refractivity contribution in [2.75, 3.05) is 5.73 Å². The van der Waals surface area contributed by atoms with E-state index in [1.807, 2.05) is 24.3 Å². The molecule has 0 bridgehead atoms. The Morgan fingerprint density at radius 1 is 1.10 bits per heavy atom. The lowest BCUT2D eigenvalue weighted by Gasteiger charge is -2.01. The summed E-state index contributed by atoms with van der Waals surface area (Å²) in [5.41, 5.74) is 10.0. The van der Waals surface area contributed by atoms with Crippen LogP contribution in [0.25, 0.3) is 10.6 Å². The Morgan fingerprint density at radius 2 is 1.90 bits per heavy atom. The molecule has 0 spiro atoms. The summed E-state index contributed by atoms with van der Waals surface area (Å²) in [6.45, 7) is 0. The van der Waals surface area contributed by atoms with Gasteiger partial charge in [-0.15, -0.1) is 11.3 Å². The van der Waals surface area contributed by atoms with Crippen LogP contribution in [0.2, 0.25) is 0 Å². The fourth-order valence-electron chi connectivity index (χ4n) is 1.99. The molecule has 3 aromatic rings. The van der Waals surface area contributed by atoms with E-state index in [0.717, 1.165) is 32.8 Å². The summed E-state index contributed by atoms with van der Waals surface area (Å²) in [5, 5.41) is 3.14. The van der Waals surface area contributed by atoms with Gasteiger partial charge in [0, 0.05) is 27.5 Å². The lowest BCUT2D eigenvalue weighted by Crippen LogP contribution is -1.89. The molecule has 0 aliphatic heterocycles. The fraction of sp³-hybridized carbons (Fsp3) is 0.0625. The van der Waals surface area contributed by atoms with Crippen molar-refractivity contribution in [1.29, 1.82) is 0 Å². The molecule has 2 N–H and O–H groups in total. The molecule has 2 nitrogen and oxygen atoms in total. The van der Waals surface area contributed by atoms with Crippen LogP contribution in [0.3, 0.4) is 0 Å². The number of nitrogens with zero attached hydrogens (tertiary/aromatic N) is 1. The number of nitrogens with two attached hydrogens (primary N) is 1. The highest BCUT2D eigenvalue weighted by Crippen LogP contribution is 2.29. The van der Waals surface area contributed by atoms with Gasteiger partial charge in [0.05, 0.1) is 5.69 Å². The maximum atomic E-state index is 5.81. The van der Waals surface area contributed by atoms with Gasteiger partial charge in [-0.3, -0.25) is 0 Å². The molecule has 0 saturated heterocycles. The number of anilines is 1. The average molecular weight is 345 g/mol. The van der Waals surface area contributed by atoms with Crippen LogP contribution in [0.15, 0.2) is 58.4 Å². The van der Waals surface area contributed by atoms with Gasteiger partial charge >= 0.3 is 0 Å². The maximum Gasteiger partial charge on any atom is 0.123 e. The third kappa shape index (κ3) is 2.92. The third-order valence-electron chi connectivity index (χ3n) is 3.03. The zero-order valence-electron chi connectivity index (χ0n) is 10.7. The maximum absolute atomic E-state index is 5.81. The Labute approximate surface area is 130 Å². The highest BCUT2D eigenvalue weighted by molar-refractivity contribution is 9.10. The second-order valence-corrected chi connectivity index (χ2v) is 6.26. The Balaban J connectivity index is 1.84. The molecule has 0 fully saturated rings. The van der Waals surface area contributed by atoms with Gasteiger partial charge in [0.15, 0.2) is 0 Å². The zero-order chi connectivity index (χ0) is 13.9. The van der Waals surface area contributed by atoms with Crippen LogP contribution >= 0.6 is 27.3 Å². The Morgan fingerprint density at radius 3 is 2.65 bits per heavy atom. The normalized spacial score (nSPS) is 10.7. The lowest BCUT2D eigenvalue weighted by molar-refractivity contribution is 1.11. The minimum Gasteiger partial charge on any atom is -0.398 e. The van der Waals surface area contributed by atoms with Crippen LogP contribution < -0.4 is 5.73 Å². The Bertz CT molecular complexity index is 722. The first-order valence-corrected chi connectivity index (χ1v) is 7.93. The number of aromatic nitrogens is 1. The van der Waals surface area contributed by atoms with Gasteiger partial charge in [0.25, 0.3) is 0 Å². The van der Waals surface area contributed by atoms with Crippen LogP contribution in [0, 0.1) is 0 Å². The van der Waals surface area contributed by atoms with Gasteiger partial charge in [-0.25, -0.2) is 4.98 Å². The van der Waals surface area contributed by atoms with Crippen LogP contribution in [-0.4, -0.2) is 4.98 Å². The minimum absolute atomic E-state index is 0.745. The highest BCUT2D eigenvalue weighted by atomic mass is 79.9. The number of benzene rings is 2. The van der Waals surface area contributed by atoms with E-state index in [9.17, 15) is 0 Å². The van der Waals surface area contributed by atoms with Crippen molar-refractivity contribution < 1.29 is 0 Å². The number of hydrogen-bond acceptors (Lipinski definition) is 3. The summed E-state index contributed by atoms with van der Waals surface area (Å²) >= 11 is 5.12. The highest BCUT2D eigenvalue weighted by Gasteiger charge is 2.07. The topological polar surface area (TPSA) is 38.9 Å². The molecule has 2 aromatic carbocycles. The summed E-state index contributed by atoms with van der Waals surface area (Å²) < 4.78 is 0.912. The molecule has 0 amide bonds. The first kappa shape index (κ1) is 13.3. The van der Waals surface area contributed by atoms with Crippen molar-refractivity contribution in [3.05, 3.63) is 69.6 Å². The first-order valence-electron chi connectivity index (χ1n) is 6.26. The summed E-state index contributed by atoms with van der Waals surface area (Å²) in [6.07, 6.45) is 0.869.